The van der Waals surface area contributed by atoms with E-state index in [1.54, 1.807) is 6.08 Å². The summed E-state index contributed by atoms with van der Waals surface area (Å²) in [6.07, 6.45) is 12.3. The zero-order chi connectivity index (χ0) is 16.4. The smallest absolute Gasteiger partial charge is 0.246 e. The Balaban J connectivity index is 1.69. The molecule has 2 unspecified atom stereocenters. The summed E-state index contributed by atoms with van der Waals surface area (Å²) in [6, 6.07) is 0.355. The van der Waals surface area contributed by atoms with E-state index in [-0.39, 0.29) is 22.7 Å². The van der Waals surface area contributed by atoms with Crippen LogP contribution in [0.5, 0.6) is 0 Å². The molecule has 0 bridgehead atoms. The van der Waals surface area contributed by atoms with E-state index in [1.807, 2.05) is 11.9 Å². The van der Waals surface area contributed by atoms with E-state index in [0.29, 0.717) is 17.9 Å². The Kier molecular flexibility index (Phi) is 3.31. The Morgan fingerprint density at radius 1 is 1.13 bits per heavy atom. The minimum Gasteiger partial charge on any atom is -0.338 e. The molecule has 7 atom stereocenters. The van der Waals surface area contributed by atoms with E-state index >= 15 is 0 Å². The van der Waals surface area contributed by atoms with Crippen molar-refractivity contribution in [2.45, 2.75) is 58.4 Å². The molecule has 0 aromatic heterocycles. The van der Waals surface area contributed by atoms with Crippen LogP contribution in [0, 0.1) is 34.5 Å². The fraction of sp³-hybridized carbons (Fsp3) is 0.800. The number of hydrogen-bond acceptors (Lipinski definition) is 2. The third-order valence-electron chi connectivity index (χ3n) is 8.37. The predicted molar refractivity (Wildman–Crippen MR) is 89.6 cm³/mol. The lowest BCUT2D eigenvalue weighted by Gasteiger charge is -2.60. The molecular formula is C20H29NO2. The highest BCUT2D eigenvalue weighted by Crippen LogP contribution is 2.65. The lowest BCUT2D eigenvalue weighted by molar-refractivity contribution is -0.139. The average Bonchev–Trinajstić information content (AvgIpc) is 2.88. The quantitative estimate of drug-likeness (QED) is 0.695. The van der Waals surface area contributed by atoms with Gasteiger partial charge in [0.2, 0.25) is 5.91 Å². The maximum absolute atomic E-state index is 12.1. The molecule has 4 rings (SSSR count). The molecule has 3 saturated carbocycles. The summed E-state index contributed by atoms with van der Waals surface area (Å²) in [6.45, 7) is 4.75. The van der Waals surface area contributed by atoms with Crippen molar-refractivity contribution in [3.63, 3.8) is 0 Å². The standard InChI is InChI=1S/C20H29NO2/c1-19-10-8-16-14(15(19)6-4-13(19)12-22)5-7-17-20(16,2)11-9-18(23)21(17)3/h9,11-17H,4-8,10H2,1-3H3/t13?,14-,15-,16+,17?,19+,20+/m0/s1. The third-order valence-corrected chi connectivity index (χ3v) is 8.37. The number of carbonyl (C=O) groups excluding carboxylic acids is 2. The van der Waals surface area contributed by atoms with E-state index in [9.17, 15) is 9.59 Å². The van der Waals surface area contributed by atoms with Crippen molar-refractivity contribution in [1.29, 1.82) is 0 Å². The van der Waals surface area contributed by atoms with Crippen molar-refractivity contribution in [3.05, 3.63) is 12.2 Å². The van der Waals surface area contributed by atoms with Gasteiger partial charge in [-0.25, -0.2) is 0 Å². The number of rotatable bonds is 1. The van der Waals surface area contributed by atoms with Gasteiger partial charge in [-0.1, -0.05) is 19.9 Å². The van der Waals surface area contributed by atoms with Gasteiger partial charge in [0.15, 0.2) is 0 Å². The summed E-state index contributed by atoms with van der Waals surface area (Å²) in [7, 11) is 1.97. The Labute approximate surface area is 139 Å². The molecule has 126 valence electrons. The molecule has 1 aliphatic heterocycles. The molecule has 3 heteroatoms. The number of hydrogen-bond donors (Lipinski definition) is 0. The Morgan fingerprint density at radius 2 is 1.91 bits per heavy atom. The summed E-state index contributed by atoms with van der Waals surface area (Å²) >= 11 is 0. The molecule has 1 amide bonds. The first-order chi connectivity index (χ1) is 10.9. The molecule has 3 nitrogen and oxygen atoms in total. The van der Waals surface area contributed by atoms with E-state index in [2.05, 4.69) is 19.9 Å². The first kappa shape index (κ1) is 15.4. The van der Waals surface area contributed by atoms with E-state index in [0.717, 1.165) is 18.8 Å². The highest BCUT2D eigenvalue weighted by molar-refractivity contribution is 5.89. The Hall–Kier alpha value is -1.12. The minimum absolute atomic E-state index is 0.117. The minimum atomic E-state index is 0.117. The highest BCUT2D eigenvalue weighted by Gasteiger charge is 2.60. The Bertz CT molecular complexity index is 570. The number of amides is 1. The predicted octanol–water partition coefficient (Wildman–Crippen LogP) is 3.44. The van der Waals surface area contributed by atoms with E-state index in [4.69, 9.17) is 0 Å². The van der Waals surface area contributed by atoms with Crippen LogP contribution in [0.25, 0.3) is 0 Å². The monoisotopic (exact) mass is 315 g/mol. The van der Waals surface area contributed by atoms with Crippen molar-refractivity contribution in [1.82, 2.24) is 4.90 Å². The summed E-state index contributed by atoms with van der Waals surface area (Å²) in [5.74, 6) is 2.52. The molecule has 0 N–H and O–H groups in total. The molecular weight excluding hydrogens is 286 g/mol. The number of carbonyl (C=O) groups is 2. The van der Waals surface area contributed by atoms with Crippen LogP contribution in [-0.2, 0) is 9.59 Å². The number of nitrogens with zero attached hydrogens (tertiary/aromatic N) is 1. The Morgan fingerprint density at radius 3 is 2.65 bits per heavy atom. The first-order valence-electron chi connectivity index (χ1n) is 9.33. The fourth-order valence-corrected chi connectivity index (χ4v) is 7.00. The second kappa shape index (κ2) is 4.94. The summed E-state index contributed by atoms with van der Waals surface area (Å²) in [5.41, 5.74) is 0.346. The van der Waals surface area contributed by atoms with Crippen LogP contribution in [0.1, 0.15) is 52.4 Å². The van der Waals surface area contributed by atoms with Gasteiger partial charge < -0.3 is 9.69 Å². The van der Waals surface area contributed by atoms with Crippen LogP contribution in [0.2, 0.25) is 0 Å². The molecule has 1 heterocycles. The van der Waals surface area contributed by atoms with Gasteiger partial charge in [0.05, 0.1) is 0 Å². The second-order valence-corrected chi connectivity index (χ2v) is 8.98. The van der Waals surface area contributed by atoms with Crippen molar-refractivity contribution in [2.75, 3.05) is 7.05 Å². The van der Waals surface area contributed by atoms with Crippen molar-refractivity contribution in [2.24, 2.45) is 34.5 Å². The first-order valence-corrected chi connectivity index (χ1v) is 9.33. The fourth-order valence-electron chi connectivity index (χ4n) is 7.00. The van der Waals surface area contributed by atoms with Crippen LogP contribution >= 0.6 is 0 Å². The number of likely N-dealkylation sites (N-methyl/N-ethyl adjacent to an activating group) is 1. The molecule has 0 spiro atoms. The van der Waals surface area contributed by atoms with Gasteiger partial charge in [-0.15, -0.1) is 0 Å². The van der Waals surface area contributed by atoms with Crippen molar-refractivity contribution >= 4 is 12.2 Å². The molecule has 3 fully saturated rings. The largest absolute Gasteiger partial charge is 0.338 e. The van der Waals surface area contributed by atoms with Crippen LogP contribution < -0.4 is 0 Å². The van der Waals surface area contributed by atoms with Gasteiger partial charge in [-0.3, -0.25) is 4.79 Å². The number of fused-ring (bicyclic) bond motifs is 5. The highest BCUT2D eigenvalue weighted by atomic mass is 16.2. The molecule has 0 radical (unpaired) electrons. The molecule has 0 aromatic carbocycles. The lowest BCUT2D eigenvalue weighted by atomic mass is 9.48. The van der Waals surface area contributed by atoms with Gasteiger partial charge in [0.25, 0.3) is 0 Å². The maximum Gasteiger partial charge on any atom is 0.246 e. The molecule has 23 heavy (non-hydrogen) atoms. The zero-order valence-corrected chi connectivity index (χ0v) is 14.6. The second-order valence-electron chi connectivity index (χ2n) is 8.98. The lowest BCUT2D eigenvalue weighted by Crippen LogP contribution is -2.59. The average molecular weight is 315 g/mol. The van der Waals surface area contributed by atoms with E-state index < -0.39 is 0 Å². The van der Waals surface area contributed by atoms with Crippen LogP contribution in [-0.4, -0.2) is 30.2 Å². The van der Waals surface area contributed by atoms with Crippen LogP contribution in [0.3, 0.4) is 0 Å². The summed E-state index contributed by atoms with van der Waals surface area (Å²) < 4.78 is 0. The van der Waals surface area contributed by atoms with Gasteiger partial charge in [-0.2, -0.15) is 0 Å². The van der Waals surface area contributed by atoms with Crippen LogP contribution in [0.4, 0.5) is 0 Å². The molecule has 4 aliphatic rings. The summed E-state index contributed by atoms with van der Waals surface area (Å²) in [4.78, 5) is 25.6. The molecule has 0 aromatic rings. The topological polar surface area (TPSA) is 37.4 Å². The van der Waals surface area contributed by atoms with Gasteiger partial charge >= 0.3 is 0 Å². The molecule has 3 aliphatic carbocycles. The SMILES string of the molecule is CN1C(=O)C=C[C@@]2(C)C1CC[C@@H]1[C@H]2CC[C@]2(C)C(C=O)CC[C@@H]12. The third kappa shape index (κ3) is 1.88. The van der Waals surface area contributed by atoms with Crippen molar-refractivity contribution in [3.8, 4) is 0 Å². The zero-order valence-electron chi connectivity index (χ0n) is 14.6. The van der Waals surface area contributed by atoms with Gasteiger partial charge in [-0.05, 0) is 67.8 Å². The van der Waals surface area contributed by atoms with Crippen LogP contribution in [0.15, 0.2) is 12.2 Å². The van der Waals surface area contributed by atoms with Gasteiger partial charge in [0, 0.05) is 24.4 Å². The number of aldehydes is 1. The maximum atomic E-state index is 12.1. The summed E-state index contributed by atoms with van der Waals surface area (Å²) in [5, 5.41) is 0. The molecule has 0 saturated heterocycles. The van der Waals surface area contributed by atoms with Crippen molar-refractivity contribution < 1.29 is 9.59 Å². The normalized spacial score (nSPS) is 51.9. The van der Waals surface area contributed by atoms with E-state index in [1.165, 1.54) is 32.0 Å². The van der Waals surface area contributed by atoms with Gasteiger partial charge in [0.1, 0.15) is 6.29 Å².